The Bertz CT molecular complexity index is 333. The highest BCUT2D eigenvalue weighted by molar-refractivity contribution is 5.21. The molecule has 0 spiro atoms. The number of hydrogen-bond donors (Lipinski definition) is 1. The van der Waals surface area contributed by atoms with Crippen LogP contribution in [0.3, 0.4) is 0 Å². The summed E-state index contributed by atoms with van der Waals surface area (Å²) in [5.74, 6) is 0. The van der Waals surface area contributed by atoms with E-state index in [1.807, 2.05) is 0 Å². The Morgan fingerprint density at radius 2 is 1.88 bits per heavy atom. The van der Waals surface area contributed by atoms with Crippen molar-refractivity contribution < 1.29 is 4.74 Å². The van der Waals surface area contributed by atoms with Gasteiger partial charge in [-0.05, 0) is 31.0 Å². The molecular formula is C14H22N2O. The SMILES string of the molecule is CN(CCOCc1ccc(CN)cc1)C1CC1. The summed E-state index contributed by atoms with van der Waals surface area (Å²) in [7, 11) is 2.18. The van der Waals surface area contributed by atoms with E-state index in [4.69, 9.17) is 10.5 Å². The molecule has 17 heavy (non-hydrogen) atoms. The van der Waals surface area contributed by atoms with E-state index in [-0.39, 0.29) is 0 Å². The topological polar surface area (TPSA) is 38.5 Å². The number of nitrogens with two attached hydrogens (primary N) is 1. The van der Waals surface area contributed by atoms with E-state index in [0.29, 0.717) is 13.2 Å². The van der Waals surface area contributed by atoms with Crippen molar-refractivity contribution in [3.05, 3.63) is 35.4 Å². The quantitative estimate of drug-likeness (QED) is 0.731. The molecule has 1 aliphatic rings. The third kappa shape index (κ3) is 4.11. The van der Waals surface area contributed by atoms with Crippen LogP contribution in [0.25, 0.3) is 0 Å². The highest BCUT2D eigenvalue weighted by Crippen LogP contribution is 2.24. The predicted octanol–water partition coefficient (Wildman–Crippen LogP) is 1.76. The van der Waals surface area contributed by atoms with Crippen molar-refractivity contribution in [3.63, 3.8) is 0 Å². The van der Waals surface area contributed by atoms with Gasteiger partial charge in [0, 0.05) is 19.1 Å². The number of likely N-dealkylation sites (N-methyl/N-ethyl adjacent to an activating group) is 1. The lowest BCUT2D eigenvalue weighted by Gasteiger charge is -2.15. The molecular weight excluding hydrogens is 212 g/mol. The van der Waals surface area contributed by atoms with E-state index in [0.717, 1.165) is 19.2 Å². The second-order valence-corrected chi connectivity index (χ2v) is 4.78. The van der Waals surface area contributed by atoms with Gasteiger partial charge < -0.3 is 15.4 Å². The minimum atomic E-state index is 0.604. The lowest BCUT2D eigenvalue weighted by molar-refractivity contribution is 0.0978. The molecule has 0 aliphatic heterocycles. The Morgan fingerprint density at radius 1 is 1.24 bits per heavy atom. The van der Waals surface area contributed by atoms with E-state index in [1.165, 1.54) is 24.0 Å². The largest absolute Gasteiger partial charge is 0.375 e. The third-order valence-electron chi connectivity index (χ3n) is 3.29. The summed E-state index contributed by atoms with van der Waals surface area (Å²) in [6, 6.07) is 9.13. The minimum absolute atomic E-state index is 0.604. The number of nitrogens with zero attached hydrogens (tertiary/aromatic N) is 1. The van der Waals surface area contributed by atoms with Gasteiger partial charge in [0.15, 0.2) is 0 Å². The van der Waals surface area contributed by atoms with Gasteiger partial charge in [-0.3, -0.25) is 0 Å². The zero-order valence-electron chi connectivity index (χ0n) is 10.6. The summed E-state index contributed by atoms with van der Waals surface area (Å²) in [5.41, 5.74) is 7.94. The molecule has 1 aromatic carbocycles. The standard InChI is InChI=1S/C14H22N2O/c1-16(14-6-7-14)8-9-17-11-13-4-2-12(10-15)3-5-13/h2-5,14H,6-11,15H2,1H3. The Hall–Kier alpha value is -0.900. The number of rotatable bonds is 7. The molecule has 0 radical (unpaired) electrons. The molecule has 3 nitrogen and oxygen atoms in total. The molecule has 0 saturated heterocycles. The highest BCUT2D eigenvalue weighted by Gasteiger charge is 2.25. The van der Waals surface area contributed by atoms with Crippen LogP contribution in [0, 0.1) is 0 Å². The van der Waals surface area contributed by atoms with Gasteiger partial charge in [0.1, 0.15) is 0 Å². The van der Waals surface area contributed by atoms with Gasteiger partial charge in [-0.2, -0.15) is 0 Å². The molecule has 0 unspecified atom stereocenters. The maximum atomic E-state index is 5.67. The van der Waals surface area contributed by atoms with Crippen LogP contribution in [-0.4, -0.2) is 31.1 Å². The van der Waals surface area contributed by atoms with Gasteiger partial charge in [-0.1, -0.05) is 24.3 Å². The summed E-state index contributed by atoms with van der Waals surface area (Å²) in [6.07, 6.45) is 2.72. The first kappa shape index (κ1) is 12.6. The summed E-state index contributed by atoms with van der Waals surface area (Å²) in [6.45, 7) is 3.15. The number of hydrogen-bond acceptors (Lipinski definition) is 3. The molecule has 1 aromatic rings. The van der Waals surface area contributed by atoms with Crippen molar-refractivity contribution in [2.45, 2.75) is 32.0 Å². The fourth-order valence-corrected chi connectivity index (χ4v) is 1.87. The van der Waals surface area contributed by atoms with Crippen LogP contribution in [0.4, 0.5) is 0 Å². The van der Waals surface area contributed by atoms with Crippen LogP contribution < -0.4 is 5.73 Å². The van der Waals surface area contributed by atoms with Gasteiger partial charge >= 0.3 is 0 Å². The van der Waals surface area contributed by atoms with E-state index < -0.39 is 0 Å². The Morgan fingerprint density at radius 3 is 2.47 bits per heavy atom. The molecule has 1 saturated carbocycles. The van der Waals surface area contributed by atoms with Crippen LogP contribution in [0.1, 0.15) is 24.0 Å². The molecule has 0 atom stereocenters. The second-order valence-electron chi connectivity index (χ2n) is 4.78. The van der Waals surface area contributed by atoms with Crippen LogP contribution in [0.15, 0.2) is 24.3 Å². The van der Waals surface area contributed by atoms with Crippen molar-refractivity contribution >= 4 is 0 Å². The Balaban J connectivity index is 1.63. The van der Waals surface area contributed by atoms with Crippen molar-refractivity contribution in [1.29, 1.82) is 0 Å². The maximum Gasteiger partial charge on any atom is 0.0717 e. The molecule has 0 heterocycles. The van der Waals surface area contributed by atoms with Crippen molar-refractivity contribution in [1.82, 2.24) is 4.90 Å². The monoisotopic (exact) mass is 234 g/mol. The molecule has 2 rings (SSSR count). The fraction of sp³-hybridized carbons (Fsp3) is 0.571. The normalized spacial score (nSPS) is 15.5. The average molecular weight is 234 g/mol. The lowest BCUT2D eigenvalue weighted by Crippen LogP contribution is -2.25. The van der Waals surface area contributed by atoms with Crippen molar-refractivity contribution in [2.75, 3.05) is 20.2 Å². The maximum absolute atomic E-state index is 5.67. The van der Waals surface area contributed by atoms with E-state index in [9.17, 15) is 0 Å². The van der Waals surface area contributed by atoms with Gasteiger partial charge in [-0.15, -0.1) is 0 Å². The fourth-order valence-electron chi connectivity index (χ4n) is 1.87. The smallest absolute Gasteiger partial charge is 0.0717 e. The second kappa shape index (κ2) is 6.15. The van der Waals surface area contributed by atoms with Crippen LogP contribution in [0.5, 0.6) is 0 Å². The van der Waals surface area contributed by atoms with Crippen LogP contribution in [0.2, 0.25) is 0 Å². The molecule has 3 heteroatoms. The lowest BCUT2D eigenvalue weighted by atomic mass is 10.1. The van der Waals surface area contributed by atoms with Crippen LogP contribution in [-0.2, 0) is 17.9 Å². The zero-order chi connectivity index (χ0) is 12.1. The molecule has 0 bridgehead atoms. The van der Waals surface area contributed by atoms with E-state index >= 15 is 0 Å². The van der Waals surface area contributed by atoms with Crippen molar-refractivity contribution in [2.24, 2.45) is 5.73 Å². The zero-order valence-corrected chi connectivity index (χ0v) is 10.6. The molecule has 0 amide bonds. The van der Waals surface area contributed by atoms with E-state index in [2.05, 4.69) is 36.2 Å². The van der Waals surface area contributed by atoms with E-state index in [1.54, 1.807) is 0 Å². The molecule has 2 N–H and O–H groups in total. The summed E-state index contributed by atoms with van der Waals surface area (Å²) >= 11 is 0. The Kier molecular flexibility index (Phi) is 4.54. The first-order valence-corrected chi connectivity index (χ1v) is 6.35. The predicted molar refractivity (Wildman–Crippen MR) is 69.6 cm³/mol. The molecule has 1 aliphatic carbocycles. The minimum Gasteiger partial charge on any atom is -0.375 e. The third-order valence-corrected chi connectivity index (χ3v) is 3.29. The van der Waals surface area contributed by atoms with Gasteiger partial charge in [0.25, 0.3) is 0 Å². The summed E-state index contributed by atoms with van der Waals surface area (Å²) in [5, 5.41) is 0. The molecule has 0 aromatic heterocycles. The summed E-state index contributed by atoms with van der Waals surface area (Å²) in [4.78, 5) is 2.39. The average Bonchev–Trinajstić information content (AvgIpc) is 3.19. The first-order valence-electron chi connectivity index (χ1n) is 6.35. The molecule has 94 valence electrons. The van der Waals surface area contributed by atoms with Crippen LogP contribution >= 0.6 is 0 Å². The van der Waals surface area contributed by atoms with Crippen molar-refractivity contribution in [3.8, 4) is 0 Å². The first-order chi connectivity index (χ1) is 8.29. The number of benzene rings is 1. The van der Waals surface area contributed by atoms with Gasteiger partial charge in [-0.25, -0.2) is 0 Å². The Labute approximate surface area is 104 Å². The van der Waals surface area contributed by atoms with Gasteiger partial charge in [0.05, 0.1) is 13.2 Å². The summed E-state index contributed by atoms with van der Waals surface area (Å²) < 4.78 is 5.67. The number of ether oxygens (including phenoxy) is 1. The molecule has 1 fully saturated rings. The van der Waals surface area contributed by atoms with Gasteiger partial charge in [0.2, 0.25) is 0 Å². The highest BCUT2D eigenvalue weighted by atomic mass is 16.5.